The standard InChI is InChI=1S/C27H32O5S/c1-32-25(30)15-7-3-6-14-23(29)26-20(16-17-22(28)19-10-8-9-11-19)18-24(27(26)31)33-21-12-4-2-5-13-21/h2,4-5,12-13,16-20,22-23,26,28-29H,3,7-11,15H2,1H3. The number of Topliss-reactive ketones (excluding diaryl/α,β-unsaturated/α-hetero) is 1. The Hall–Kier alpha value is -2.33. The number of thioether (sulfide) groups is 1. The van der Waals surface area contributed by atoms with E-state index >= 15 is 0 Å². The summed E-state index contributed by atoms with van der Waals surface area (Å²) < 4.78 is 4.61. The first-order valence-electron chi connectivity index (χ1n) is 11.6. The summed E-state index contributed by atoms with van der Waals surface area (Å²) in [5, 5.41) is 21.3. The molecule has 2 aliphatic carbocycles. The van der Waals surface area contributed by atoms with Gasteiger partial charge in [0.1, 0.15) is 6.10 Å². The van der Waals surface area contributed by atoms with Crippen molar-refractivity contribution in [3.8, 4) is 11.8 Å². The van der Waals surface area contributed by atoms with Crippen molar-refractivity contribution in [2.24, 2.45) is 17.8 Å². The van der Waals surface area contributed by atoms with Gasteiger partial charge in [0.05, 0.1) is 24.0 Å². The SMILES string of the molecule is COC(=O)CCCC#CC(O)C1C(=O)C(Sc2ccccc2)=CC1C=CC(O)C1CCCC1. The lowest BCUT2D eigenvalue weighted by molar-refractivity contribution is -0.140. The molecule has 176 valence electrons. The maximum atomic E-state index is 13.2. The van der Waals surface area contributed by atoms with Crippen LogP contribution in [0.15, 0.2) is 58.4 Å². The molecule has 1 aromatic carbocycles. The van der Waals surface area contributed by atoms with E-state index in [1.165, 1.54) is 18.9 Å². The van der Waals surface area contributed by atoms with Gasteiger partial charge in [0.25, 0.3) is 0 Å². The van der Waals surface area contributed by atoms with Gasteiger partial charge < -0.3 is 14.9 Å². The van der Waals surface area contributed by atoms with Gasteiger partial charge in [-0.1, -0.05) is 67.0 Å². The van der Waals surface area contributed by atoms with Crippen molar-refractivity contribution in [2.75, 3.05) is 7.11 Å². The van der Waals surface area contributed by atoms with Crippen LogP contribution in [-0.2, 0) is 14.3 Å². The monoisotopic (exact) mass is 468 g/mol. The number of carbonyl (C=O) groups is 2. The molecule has 5 nitrogen and oxygen atoms in total. The molecule has 0 heterocycles. The number of hydrogen-bond donors (Lipinski definition) is 2. The van der Waals surface area contributed by atoms with E-state index in [9.17, 15) is 19.8 Å². The average Bonchev–Trinajstić information content (AvgIpc) is 3.46. The van der Waals surface area contributed by atoms with E-state index in [2.05, 4.69) is 16.6 Å². The van der Waals surface area contributed by atoms with E-state index < -0.39 is 18.1 Å². The van der Waals surface area contributed by atoms with E-state index in [1.807, 2.05) is 42.5 Å². The first kappa shape index (κ1) is 25.3. The molecule has 4 unspecified atom stereocenters. The third-order valence-corrected chi connectivity index (χ3v) is 7.25. The van der Waals surface area contributed by atoms with Crippen LogP contribution in [0.2, 0.25) is 0 Å². The topological polar surface area (TPSA) is 83.8 Å². The lowest BCUT2D eigenvalue weighted by Gasteiger charge is -2.19. The van der Waals surface area contributed by atoms with Crippen LogP contribution in [-0.4, -0.2) is 41.3 Å². The van der Waals surface area contributed by atoms with Crippen molar-refractivity contribution in [2.45, 2.75) is 62.0 Å². The van der Waals surface area contributed by atoms with Crippen LogP contribution in [0.3, 0.4) is 0 Å². The van der Waals surface area contributed by atoms with Crippen LogP contribution >= 0.6 is 11.8 Å². The summed E-state index contributed by atoms with van der Waals surface area (Å²) in [5.41, 5.74) is 0. The quantitative estimate of drug-likeness (QED) is 0.243. The van der Waals surface area contributed by atoms with Gasteiger partial charge in [-0.15, -0.1) is 5.92 Å². The highest BCUT2D eigenvalue weighted by molar-refractivity contribution is 8.04. The van der Waals surface area contributed by atoms with E-state index in [0.29, 0.717) is 17.7 Å². The van der Waals surface area contributed by atoms with Crippen molar-refractivity contribution < 1.29 is 24.5 Å². The smallest absolute Gasteiger partial charge is 0.305 e. The molecule has 1 aromatic rings. The van der Waals surface area contributed by atoms with Gasteiger partial charge in [-0.2, -0.15) is 0 Å². The molecular weight excluding hydrogens is 436 g/mol. The Morgan fingerprint density at radius 3 is 2.67 bits per heavy atom. The Kier molecular flexibility index (Phi) is 9.80. The zero-order valence-corrected chi connectivity index (χ0v) is 19.8. The summed E-state index contributed by atoms with van der Waals surface area (Å²) in [6.07, 6.45) is 9.41. The number of aliphatic hydroxyl groups excluding tert-OH is 2. The lowest BCUT2D eigenvalue weighted by atomic mass is 9.88. The van der Waals surface area contributed by atoms with Gasteiger partial charge in [-0.25, -0.2) is 0 Å². The second-order valence-electron chi connectivity index (χ2n) is 8.53. The molecule has 0 aromatic heterocycles. The van der Waals surface area contributed by atoms with Crippen LogP contribution in [0.1, 0.15) is 44.9 Å². The minimum atomic E-state index is -1.13. The molecule has 33 heavy (non-hydrogen) atoms. The summed E-state index contributed by atoms with van der Waals surface area (Å²) in [7, 11) is 1.35. The van der Waals surface area contributed by atoms with E-state index in [1.54, 1.807) is 6.08 Å². The molecular formula is C27H32O5S. The van der Waals surface area contributed by atoms with Gasteiger partial charge in [0.2, 0.25) is 0 Å². The normalized spacial score (nSPS) is 22.6. The zero-order chi connectivity index (χ0) is 23.6. The van der Waals surface area contributed by atoms with Crippen LogP contribution in [0.4, 0.5) is 0 Å². The number of rotatable bonds is 9. The number of ether oxygens (including phenoxy) is 1. The molecule has 0 aliphatic heterocycles. The van der Waals surface area contributed by atoms with Gasteiger partial charge in [0, 0.05) is 23.7 Å². The Morgan fingerprint density at radius 2 is 1.97 bits per heavy atom. The van der Waals surface area contributed by atoms with Gasteiger partial charge in [0.15, 0.2) is 5.78 Å². The number of unbranched alkanes of at least 4 members (excludes halogenated alkanes) is 1. The number of allylic oxidation sites excluding steroid dienone is 3. The third kappa shape index (κ3) is 7.33. The van der Waals surface area contributed by atoms with Crippen molar-refractivity contribution in [3.05, 3.63) is 53.5 Å². The maximum Gasteiger partial charge on any atom is 0.305 e. The molecule has 0 bridgehead atoms. The Balaban J connectivity index is 1.71. The predicted molar refractivity (Wildman–Crippen MR) is 129 cm³/mol. The first-order valence-corrected chi connectivity index (χ1v) is 12.4. The molecule has 2 N–H and O–H groups in total. The van der Waals surface area contributed by atoms with Crippen LogP contribution < -0.4 is 0 Å². The summed E-state index contributed by atoms with van der Waals surface area (Å²) >= 11 is 1.39. The highest BCUT2D eigenvalue weighted by Crippen LogP contribution is 2.40. The molecule has 1 saturated carbocycles. The molecule has 4 atom stereocenters. The molecule has 1 fully saturated rings. The minimum Gasteiger partial charge on any atom is -0.469 e. The van der Waals surface area contributed by atoms with Gasteiger partial charge in [-0.3, -0.25) is 9.59 Å². The number of carbonyl (C=O) groups excluding carboxylic acids is 2. The fourth-order valence-electron chi connectivity index (χ4n) is 4.32. The number of benzene rings is 1. The fraction of sp³-hybridized carbons (Fsp3) is 0.481. The largest absolute Gasteiger partial charge is 0.469 e. The second-order valence-corrected chi connectivity index (χ2v) is 9.64. The van der Waals surface area contributed by atoms with E-state index in [4.69, 9.17) is 0 Å². The number of ketones is 1. The average molecular weight is 469 g/mol. The van der Waals surface area contributed by atoms with Gasteiger partial charge in [-0.05, 0) is 37.3 Å². The molecule has 3 rings (SSSR count). The molecule has 0 radical (unpaired) electrons. The molecule has 0 saturated heterocycles. The number of hydrogen-bond acceptors (Lipinski definition) is 6. The zero-order valence-electron chi connectivity index (χ0n) is 19.0. The summed E-state index contributed by atoms with van der Waals surface area (Å²) in [6.45, 7) is 0. The van der Waals surface area contributed by atoms with Crippen molar-refractivity contribution >= 4 is 23.5 Å². The summed E-state index contributed by atoms with van der Waals surface area (Å²) in [6, 6.07) is 9.65. The maximum absolute atomic E-state index is 13.2. The summed E-state index contributed by atoms with van der Waals surface area (Å²) in [4.78, 5) is 26.0. The van der Waals surface area contributed by atoms with Crippen molar-refractivity contribution in [3.63, 3.8) is 0 Å². The van der Waals surface area contributed by atoms with Crippen LogP contribution in [0.25, 0.3) is 0 Å². The lowest BCUT2D eigenvalue weighted by Crippen LogP contribution is -2.29. The first-order chi connectivity index (χ1) is 16.0. The van der Waals surface area contributed by atoms with Crippen LogP contribution in [0, 0.1) is 29.6 Å². The molecule has 0 amide bonds. The second kappa shape index (κ2) is 12.8. The Labute approximate surface area is 200 Å². The van der Waals surface area contributed by atoms with E-state index in [-0.39, 0.29) is 30.0 Å². The molecule has 2 aliphatic rings. The number of methoxy groups -OCH3 is 1. The third-order valence-electron chi connectivity index (χ3n) is 6.19. The molecule has 6 heteroatoms. The van der Waals surface area contributed by atoms with Gasteiger partial charge >= 0.3 is 5.97 Å². The Morgan fingerprint density at radius 1 is 1.24 bits per heavy atom. The highest BCUT2D eigenvalue weighted by Gasteiger charge is 2.39. The highest BCUT2D eigenvalue weighted by atomic mass is 32.2. The molecule has 0 spiro atoms. The van der Waals surface area contributed by atoms with Crippen LogP contribution in [0.5, 0.6) is 0 Å². The number of aliphatic hydroxyl groups is 2. The number of esters is 1. The minimum absolute atomic E-state index is 0.134. The van der Waals surface area contributed by atoms with E-state index in [0.717, 1.165) is 30.6 Å². The fourth-order valence-corrected chi connectivity index (χ4v) is 5.33. The summed E-state index contributed by atoms with van der Waals surface area (Å²) in [5.74, 6) is 4.48. The predicted octanol–water partition coefficient (Wildman–Crippen LogP) is 4.29. The Bertz CT molecular complexity index is 921. The van der Waals surface area contributed by atoms with Crippen molar-refractivity contribution in [1.82, 2.24) is 0 Å². The van der Waals surface area contributed by atoms with Crippen molar-refractivity contribution in [1.29, 1.82) is 0 Å².